The maximum Gasteiger partial charge on any atom is 0.321 e. The number of aromatic nitrogens is 3. The molecule has 0 saturated heterocycles. The summed E-state index contributed by atoms with van der Waals surface area (Å²) in [6.45, 7) is 7.02. The fourth-order valence-electron chi connectivity index (χ4n) is 1.40. The molecule has 0 aliphatic carbocycles. The van der Waals surface area contributed by atoms with Gasteiger partial charge in [-0.2, -0.15) is 4.98 Å². The molecular formula is C12H16N4O. The van der Waals surface area contributed by atoms with Gasteiger partial charge in [0.25, 0.3) is 0 Å². The number of rotatable bonds is 4. The molecule has 0 fully saturated rings. The quantitative estimate of drug-likeness (QED) is 0.877. The molecule has 0 radical (unpaired) electrons. The highest BCUT2D eigenvalue weighted by Gasteiger charge is 2.11. The first-order valence-electron chi connectivity index (χ1n) is 5.66. The number of anilines is 1. The largest absolute Gasteiger partial charge is 0.337 e. The normalized spacial score (nSPS) is 10.8. The third kappa shape index (κ3) is 2.81. The monoisotopic (exact) mass is 232 g/mol. The first-order chi connectivity index (χ1) is 8.16. The van der Waals surface area contributed by atoms with E-state index < -0.39 is 0 Å². The van der Waals surface area contributed by atoms with E-state index in [9.17, 15) is 0 Å². The van der Waals surface area contributed by atoms with Crippen molar-refractivity contribution in [3.8, 4) is 11.5 Å². The van der Waals surface area contributed by atoms with E-state index in [0.717, 1.165) is 17.8 Å². The number of hydrogen-bond acceptors (Lipinski definition) is 5. The highest BCUT2D eigenvalue weighted by molar-refractivity contribution is 5.54. The Morgan fingerprint density at radius 1 is 1.41 bits per heavy atom. The molecular weight excluding hydrogens is 216 g/mol. The van der Waals surface area contributed by atoms with E-state index >= 15 is 0 Å². The third-order valence-corrected chi connectivity index (χ3v) is 2.31. The predicted octanol–water partition coefficient (Wildman–Crippen LogP) is 2.51. The van der Waals surface area contributed by atoms with E-state index in [1.165, 1.54) is 0 Å². The van der Waals surface area contributed by atoms with E-state index in [0.29, 0.717) is 17.8 Å². The Hall–Kier alpha value is -1.91. The van der Waals surface area contributed by atoms with Crippen LogP contribution in [0.25, 0.3) is 11.5 Å². The van der Waals surface area contributed by atoms with Crippen molar-refractivity contribution in [2.45, 2.75) is 20.8 Å². The summed E-state index contributed by atoms with van der Waals surface area (Å²) < 4.78 is 5.11. The van der Waals surface area contributed by atoms with Crippen LogP contribution in [0.4, 0.5) is 6.01 Å². The summed E-state index contributed by atoms with van der Waals surface area (Å²) in [4.78, 5) is 8.51. The van der Waals surface area contributed by atoms with Gasteiger partial charge >= 0.3 is 6.01 Å². The van der Waals surface area contributed by atoms with Gasteiger partial charge in [0.2, 0.25) is 5.82 Å². The summed E-state index contributed by atoms with van der Waals surface area (Å²) in [5.41, 5.74) is 1.79. The fraction of sp³-hybridized carbons (Fsp3) is 0.417. The molecule has 2 rings (SSSR count). The van der Waals surface area contributed by atoms with Gasteiger partial charge in [-0.15, -0.1) is 0 Å². The molecule has 2 heterocycles. The molecule has 0 saturated carbocycles. The van der Waals surface area contributed by atoms with Crippen molar-refractivity contribution in [2.24, 2.45) is 5.92 Å². The van der Waals surface area contributed by atoms with Crippen LogP contribution in [0.5, 0.6) is 0 Å². The van der Waals surface area contributed by atoms with Crippen molar-refractivity contribution in [1.82, 2.24) is 15.1 Å². The van der Waals surface area contributed by atoms with Crippen molar-refractivity contribution in [2.75, 3.05) is 11.9 Å². The SMILES string of the molecule is Cc1cccnc1-c1noc(NCC(C)C)n1. The highest BCUT2D eigenvalue weighted by atomic mass is 16.5. The Morgan fingerprint density at radius 2 is 2.24 bits per heavy atom. The number of aryl methyl sites for hydroxylation is 1. The maximum atomic E-state index is 5.11. The van der Waals surface area contributed by atoms with Crippen LogP contribution < -0.4 is 5.32 Å². The maximum absolute atomic E-state index is 5.11. The lowest BCUT2D eigenvalue weighted by molar-refractivity contribution is 0.429. The van der Waals surface area contributed by atoms with Gasteiger partial charge in [-0.1, -0.05) is 25.1 Å². The van der Waals surface area contributed by atoms with Gasteiger partial charge < -0.3 is 9.84 Å². The Bertz CT molecular complexity index is 493. The van der Waals surface area contributed by atoms with Crippen LogP contribution >= 0.6 is 0 Å². The first-order valence-corrected chi connectivity index (χ1v) is 5.66. The third-order valence-electron chi connectivity index (χ3n) is 2.31. The summed E-state index contributed by atoms with van der Waals surface area (Å²) in [5, 5.41) is 7.00. The van der Waals surface area contributed by atoms with E-state index in [4.69, 9.17) is 4.52 Å². The lowest BCUT2D eigenvalue weighted by Gasteiger charge is -2.02. The van der Waals surface area contributed by atoms with Gasteiger partial charge in [0.1, 0.15) is 5.69 Å². The van der Waals surface area contributed by atoms with Gasteiger partial charge in [-0.3, -0.25) is 4.98 Å². The average Bonchev–Trinajstić information content (AvgIpc) is 2.75. The first kappa shape index (κ1) is 11.6. The van der Waals surface area contributed by atoms with E-state index in [2.05, 4.69) is 34.3 Å². The lowest BCUT2D eigenvalue weighted by atomic mass is 10.2. The zero-order chi connectivity index (χ0) is 12.3. The van der Waals surface area contributed by atoms with Crippen molar-refractivity contribution in [3.63, 3.8) is 0 Å². The zero-order valence-corrected chi connectivity index (χ0v) is 10.3. The molecule has 90 valence electrons. The van der Waals surface area contributed by atoms with Crippen molar-refractivity contribution in [3.05, 3.63) is 23.9 Å². The molecule has 17 heavy (non-hydrogen) atoms. The van der Waals surface area contributed by atoms with Gasteiger partial charge in [0.15, 0.2) is 0 Å². The number of nitrogens with one attached hydrogen (secondary N) is 1. The molecule has 2 aromatic heterocycles. The second-order valence-corrected chi connectivity index (χ2v) is 4.37. The average molecular weight is 232 g/mol. The summed E-state index contributed by atoms with van der Waals surface area (Å²) in [6, 6.07) is 4.30. The van der Waals surface area contributed by atoms with Crippen molar-refractivity contribution in [1.29, 1.82) is 0 Å². The molecule has 0 aliphatic heterocycles. The predicted molar refractivity (Wildman–Crippen MR) is 65.6 cm³/mol. The molecule has 0 bridgehead atoms. The van der Waals surface area contributed by atoms with Gasteiger partial charge in [-0.05, 0) is 24.5 Å². The van der Waals surface area contributed by atoms with Crippen LogP contribution in [-0.2, 0) is 0 Å². The minimum Gasteiger partial charge on any atom is -0.337 e. The van der Waals surface area contributed by atoms with Gasteiger partial charge in [-0.25, -0.2) is 0 Å². The van der Waals surface area contributed by atoms with Crippen molar-refractivity contribution >= 4 is 6.01 Å². The molecule has 5 heteroatoms. The van der Waals surface area contributed by atoms with Crippen molar-refractivity contribution < 1.29 is 4.52 Å². The number of nitrogens with zero attached hydrogens (tertiary/aromatic N) is 3. The van der Waals surface area contributed by atoms with E-state index in [1.54, 1.807) is 6.20 Å². The van der Waals surface area contributed by atoms with Crippen LogP contribution in [0, 0.1) is 12.8 Å². The minimum atomic E-state index is 0.443. The molecule has 0 amide bonds. The number of pyridine rings is 1. The molecule has 0 aliphatic rings. The highest BCUT2D eigenvalue weighted by Crippen LogP contribution is 2.18. The molecule has 0 unspecified atom stereocenters. The van der Waals surface area contributed by atoms with Crippen LogP contribution in [0.3, 0.4) is 0 Å². The van der Waals surface area contributed by atoms with E-state index in [1.807, 2.05) is 19.1 Å². The summed E-state index contributed by atoms with van der Waals surface area (Å²) in [5.74, 6) is 1.05. The number of hydrogen-bond donors (Lipinski definition) is 1. The zero-order valence-electron chi connectivity index (χ0n) is 10.3. The molecule has 2 aromatic rings. The summed E-state index contributed by atoms with van der Waals surface area (Å²) in [7, 11) is 0. The van der Waals surface area contributed by atoms with Crippen LogP contribution in [0.2, 0.25) is 0 Å². The Balaban J connectivity index is 2.16. The summed E-state index contributed by atoms with van der Waals surface area (Å²) in [6.07, 6.45) is 1.72. The second kappa shape index (κ2) is 4.95. The molecule has 0 aromatic carbocycles. The van der Waals surface area contributed by atoms with Gasteiger partial charge in [0.05, 0.1) is 0 Å². The molecule has 1 N–H and O–H groups in total. The molecule has 5 nitrogen and oxygen atoms in total. The smallest absolute Gasteiger partial charge is 0.321 e. The Kier molecular flexibility index (Phi) is 3.37. The van der Waals surface area contributed by atoms with Gasteiger partial charge in [0, 0.05) is 12.7 Å². The lowest BCUT2D eigenvalue weighted by Crippen LogP contribution is -2.07. The Morgan fingerprint density at radius 3 is 2.94 bits per heavy atom. The van der Waals surface area contributed by atoms with E-state index in [-0.39, 0.29) is 0 Å². The molecule has 0 atom stereocenters. The molecule has 0 spiro atoms. The van der Waals surface area contributed by atoms with Crippen LogP contribution in [0.1, 0.15) is 19.4 Å². The summed E-state index contributed by atoms with van der Waals surface area (Å²) >= 11 is 0. The minimum absolute atomic E-state index is 0.443. The van der Waals surface area contributed by atoms with Crippen LogP contribution in [-0.4, -0.2) is 21.7 Å². The van der Waals surface area contributed by atoms with Crippen LogP contribution in [0.15, 0.2) is 22.9 Å². The second-order valence-electron chi connectivity index (χ2n) is 4.37. The fourth-order valence-corrected chi connectivity index (χ4v) is 1.40. The standard InChI is InChI=1S/C12H16N4O/c1-8(2)7-14-12-15-11(16-17-12)10-9(3)5-4-6-13-10/h4-6,8H,7H2,1-3H3,(H,14,15,16). The Labute approximate surface area is 100 Å². The topological polar surface area (TPSA) is 63.8 Å².